The quantitative estimate of drug-likeness (QED) is 0.841. The Balaban J connectivity index is 2.21. The summed E-state index contributed by atoms with van der Waals surface area (Å²) in [7, 11) is 0. The van der Waals surface area contributed by atoms with Crippen LogP contribution < -0.4 is 0 Å². The number of carboxylic acids is 1. The van der Waals surface area contributed by atoms with E-state index in [4.69, 9.17) is 5.11 Å². The molecule has 0 radical (unpaired) electrons. The van der Waals surface area contributed by atoms with Crippen LogP contribution in [-0.4, -0.2) is 37.1 Å². The van der Waals surface area contributed by atoms with E-state index in [1.165, 1.54) is 0 Å². The van der Waals surface area contributed by atoms with E-state index in [0.29, 0.717) is 18.2 Å². The molecule has 0 saturated carbocycles. The number of hydrogen-bond acceptors (Lipinski definition) is 4. The van der Waals surface area contributed by atoms with Crippen molar-refractivity contribution in [1.82, 2.24) is 14.8 Å². The van der Waals surface area contributed by atoms with Crippen LogP contribution in [0.5, 0.6) is 0 Å². The molecule has 100 valence electrons. The maximum absolute atomic E-state index is 10.6. The molecule has 0 aliphatic rings. The van der Waals surface area contributed by atoms with Crippen molar-refractivity contribution in [2.45, 2.75) is 26.0 Å². The molecule has 0 saturated heterocycles. The third-order valence-corrected chi connectivity index (χ3v) is 2.88. The molecule has 0 spiro atoms. The first-order valence-electron chi connectivity index (χ1n) is 5.95. The van der Waals surface area contributed by atoms with Crippen molar-refractivity contribution < 1.29 is 15.0 Å². The molecular weight excluding hydrogens is 246 g/mol. The molecule has 1 aromatic heterocycles. The number of carboxylic acid groups (broad SMARTS) is 1. The molecule has 0 bridgehead atoms. The van der Waals surface area contributed by atoms with Gasteiger partial charge in [-0.25, -0.2) is 4.79 Å². The van der Waals surface area contributed by atoms with Gasteiger partial charge in [0.1, 0.15) is 5.82 Å². The van der Waals surface area contributed by atoms with Crippen molar-refractivity contribution in [2.24, 2.45) is 0 Å². The van der Waals surface area contributed by atoms with Crippen LogP contribution in [0.3, 0.4) is 0 Å². The zero-order chi connectivity index (χ0) is 13.8. The normalized spacial score (nSPS) is 12.3. The summed E-state index contributed by atoms with van der Waals surface area (Å²) in [5, 5.41) is 26.1. The van der Waals surface area contributed by atoms with E-state index in [1.807, 2.05) is 34.9 Å². The number of hydrogen-bond donors (Lipinski definition) is 2. The summed E-state index contributed by atoms with van der Waals surface area (Å²) in [5.41, 5.74) is 0.910. The minimum absolute atomic E-state index is 0.119. The smallest absolute Gasteiger partial charge is 0.332 e. The number of aromatic nitrogens is 3. The van der Waals surface area contributed by atoms with Crippen LogP contribution in [0.25, 0.3) is 11.4 Å². The topological polar surface area (TPSA) is 88.2 Å². The lowest BCUT2D eigenvalue weighted by molar-refractivity contribution is -0.147. The molecule has 19 heavy (non-hydrogen) atoms. The van der Waals surface area contributed by atoms with Gasteiger partial charge in [0, 0.05) is 18.5 Å². The van der Waals surface area contributed by atoms with Crippen molar-refractivity contribution in [2.75, 3.05) is 0 Å². The Kier molecular flexibility index (Phi) is 3.91. The van der Waals surface area contributed by atoms with Crippen LogP contribution in [-0.2, 0) is 11.3 Å². The second kappa shape index (κ2) is 5.62. The summed E-state index contributed by atoms with van der Waals surface area (Å²) in [6.07, 6.45) is -1.25. The van der Waals surface area contributed by atoms with Crippen LogP contribution in [0.4, 0.5) is 0 Å². The average Bonchev–Trinajstić information content (AvgIpc) is 2.78. The van der Waals surface area contributed by atoms with Gasteiger partial charge in [0.05, 0.1) is 0 Å². The SMILES string of the molecule is Cc1nnc(-c2ccccc2)n1CCC(O)C(=O)O. The molecule has 0 aliphatic heterocycles. The van der Waals surface area contributed by atoms with E-state index in [9.17, 15) is 9.90 Å². The standard InChI is InChI=1S/C13H15N3O3/c1-9-14-15-12(10-5-3-2-4-6-10)16(9)8-7-11(17)13(18)19/h2-6,11,17H,7-8H2,1H3,(H,18,19). The molecule has 1 heterocycles. The second-order valence-electron chi connectivity index (χ2n) is 4.23. The van der Waals surface area contributed by atoms with Crippen LogP contribution in [0, 0.1) is 6.92 Å². The van der Waals surface area contributed by atoms with E-state index in [-0.39, 0.29) is 6.42 Å². The minimum atomic E-state index is -1.37. The molecule has 0 aliphatic carbocycles. The van der Waals surface area contributed by atoms with Crippen molar-refractivity contribution in [3.8, 4) is 11.4 Å². The maximum Gasteiger partial charge on any atom is 0.332 e. The van der Waals surface area contributed by atoms with E-state index >= 15 is 0 Å². The third-order valence-electron chi connectivity index (χ3n) is 2.88. The van der Waals surface area contributed by atoms with Crippen molar-refractivity contribution in [3.05, 3.63) is 36.2 Å². The fourth-order valence-electron chi connectivity index (χ4n) is 1.82. The number of aliphatic carboxylic acids is 1. The molecule has 1 atom stereocenters. The maximum atomic E-state index is 10.6. The van der Waals surface area contributed by atoms with Crippen LogP contribution in [0.1, 0.15) is 12.2 Å². The first-order chi connectivity index (χ1) is 9.09. The Labute approximate surface area is 110 Å². The summed E-state index contributed by atoms with van der Waals surface area (Å²) in [4.78, 5) is 10.6. The van der Waals surface area contributed by atoms with Gasteiger partial charge in [-0.2, -0.15) is 0 Å². The lowest BCUT2D eigenvalue weighted by atomic mass is 10.2. The van der Waals surface area contributed by atoms with Gasteiger partial charge in [0.25, 0.3) is 0 Å². The lowest BCUT2D eigenvalue weighted by Gasteiger charge is -2.10. The van der Waals surface area contributed by atoms with E-state index in [1.54, 1.807) is 6.92 Å². The predicted molar refractivity (Wildman–Crippen MR) is 68.5 cm³/mol. The van der Waals surface area contributed by atoms with Crippen LogP contribution >= 0.6 is 0 Å². The van der Waals surface area contributed by atoms with Gasteiger partial charge in [-0.1, -0.05) is 30.3 Å². The van der Waals surface area contributed by atoms with Gasteiger partial charge in [-0.15, -0.1) is 10.2 Å². The predicted octanol–water partition coefficient (Wildman–Crippen LogP) is 1.09. The van der Waals surface area contributed by atoms with Gasteiger partial charge in [0.2, 0.25) is 0 Å². The van der Waals surface area contributed by atoms with E-state index in [0.717, 1.165) is 5.56 Å². The highest BCUT2D eigenvalue weighted by Gasteiger charge is 2.16. The largest absolute Gasteiger partial charge is 0.479 e. The molecular formula is C13H15N3O3. The second-order valence-corrected chi connectivity index (χ2v) is 4.23. The van der Waals surface area contributed by atoms with Gasteiger partial charge in [-0.05, 0) is 6.92 Å². The summed E-state index contributed by atoms with van der Waals surface area (Å²) in [5.74, 6) is 0.152. The fourth-order valence-corrected chi connectivity index (χ4v) is 1.82. The molecule has 6 heteroatoms. The molecule has 2 aromatic rings. The molecule has 2 rings (SSSR count). The van der Waals surface area contributed by atoms with Gasteiger partial charge >= 0.3 is 5.97 Å². The molecule has 1 aromatic carbocycles. The summed E-state index contributed by atoms with van der Waals surface area (Å²) < 4.78 is 1.81. The van der Waals surface area contributed by atoms with Crippen molar-refractivity contribution in [3.63, 3.8) is 0 Å². The molecule has 6 nitrogen and oxygen atoms in total. The van der Waals surface area contributed by atoms with Crippen molar-refractivity contribution >= 4 is 5.97 Å². The fraction of sp³-hybridized carbons (Fsp3) is 0.308. The number of carbonyl (C=O) groups is 1. The number of rotatable bonds is 5. The molecule has 2 N–H and O–H groups in total. The summed E-state index contributed by atoms with van der Waals surface area (Å²) in [6, 6.07) is 9.53. The number of aryl methyl sites for hydroxylation is 1. The van der Waals surface area contributed by atoms with Gasteiger partial charge in [-0.3, -0.25) is 0 Å². The first-order valence-corrected chi connectivity index (χ1v) is 5.95. The minimum Gasteiger partial charge on any atom is -0.479 e. The van der Waals surface area contributed by atoms with Gasteiger partial charge < -0.3 is 14.8 Å². The highest BCUT2D eigenvalue weighted by molar-refractivity contribution is 5.71. The highest BCUT2D eigenvalue weighted by atomic mass is 16.4. The summed E-state index contributed by atoms with van der Waals surface area (Å²) in [6.45, 7) is 2.16. The molecule has 0 amide bonds. The van der Waals surface area contributed by atoms with E-state index in [2.05, 4.69) is 10.2 Å². The Morgan fingerprint density at radius 1 is 1.32 bits per heavy atom. The molecule has 0 fully saturated rings. The van der Waals surface area contributed by atoms with Crippen LogP contribution in [0.15, 0.2) is 30.3 Å². The number of benzene rings is 1. The van der Waals surface area contributed by atoms with Crippen molar-refractivity contribution in [1.29, 1.82) is 0 Å². The third kappa shape index (κ3) is 2.97. The number of aliphatic hydroxyl groups excluding tert-OH is 1. The number of nitrogens with zero attached hydrogens (tertiary/aromatic N) is 3. The molecule has 1 unspecified atom stereocenters. The highest BCUT2D eigenvalue weighted by Crippen LogP contribution is 2.18. The Morgan fingerprint density at radius 2 is 2.00 bits per heavy atom. The monoisotopic (exact) mass is 261 g/mol. The number of aliphatic hydroxyl groups is 1. The Bertz CT molecular complexity index is 566. The summed E-state index contributed by atoms with van der Waals surface area (Å²) >= 11 is 0. The first kappa shape index (κ1) is 13.2. The average molecular weight is 261 g/mol. The van der Waals surface area contributed by atoms with E-state index < -0.39 is 12.1 Å². The Hall–Kier alpha value is -2.21. The van der Waals surface area contributed by atoms with Gasteiger partial charge in [0.15, 0.2) is 11.9 Å². The van der Waals surface area contributed by atoms with Crippen LogP contribution in [0.2, 0.25) is 0 Å². The zero-order valence-electron chi connectivity index (χ0n) is 10.5. The lowest BCUT2D eigenvalue weighted by Crippen LogP contribution is -2.21. The Morgan fingerprint density at radius 3 is 2.63 bits per heavy atom. The zero-order valence-corrected chi connectivity index (χ0v) is 10.5.